The van der Waals surface area contributed by atoms with E-state index in [4.69, 9.17) is 9.84 Å². The quantitative estimate of drug-likeness (QED) is 0.171. The van der Waals surface area contributed by atoms with E-state index < -0.39 is 26.8 Å². The van der Waals surface area contributed by atoms with Crippen LogP contribution < -0.4 is 5.32 Å². The molecule has 1 rings (SSSR count). The highest BCUT2D eigenvalue weighted by Crippen LogP contribution is 2.16. The fourth-order valence-corrected chi connectivity index (χ4v) is 4.59. The van der Waals surface area contributed by atoms with Gasteiger partial charge in [0.2, 0.25) is 0 Å². The van der Waals surface area contributed by atoms with E-state index in [9.17, 15) is 9.90 Å². The molecule has 0 fully saturated rings. The lowest BCUT2D eigenvalue weighted by molar-refractivity contribution is 0.00933. The zero-order chi connectivity index (χ0) is 22.2. The van der Waals surface area contributed by atoms with E-state index in [0.29, 0.717) is 5.56 Å². The van der Waals surface area contributed by atoms with E-state index >= 15 is 0 Å². The first-order chi connectivity index (χ1) is 14.3. The third-order valence-electron chi connectivity index (χ3n) is 5.17. The summed E-state index contributed by atoms with van der Waals surface area (Å²) in [6.07, 6.45) is 11.0. The Morgan fingerprint density at radius 1 is 0.933 bits per heavy atom. The fourth-order valence-electron chi connectivity index (χ4n) is 3.28. The van der Waals surface area contributed by atoms with E-state index in [1.54, 1.807) is 12.1 Å². The first-order valence-electron chi connectivity index (χ1n) is 11.6. The van der Waals surface area contributed by atoms with Gasteiger partial charge < -0.3 is 20.3 Å². The molecule has 1 aromatic rings. The van der Waals surface area contributed by atoms with E-state index in [-0.39, 0.29) is 6.61 Å². The molecule has 3 N–H and O–H groups in total. The summed E-state index contributed by atoms with van der Waals surface area (Å²) in [6, 6.07) is 8.61. The van der Waals surface area contributed by atoms with Crippen molar-refractivity contribution >= 4 is 19.7 Å². The number of hydrogen-bond acceptors (Lipinski definition) is 5. The molecule has 0 saturated carbocycles. The Labute approximate surface area is 184 Å². The maximum atomic E-state index is 11.8. The summed E-state index contributed by atoms with van der Waals surface area (Å²) in [5.74, 6) is -0.495. The number of anilines is 1. The molecule has 0 aliphatic heterocycles. The lowest BCUT2D eigenvalue weighted by Crippen LogP contribution is -2.21. The highest BCUT2D eigenvalue weighted by molar-refractivity contribution is 6.76. The molecule has 0 spiro atoms. The number of esters is 1. The smallest absolute Gasteiger partial charge is 0.338 e. The van der Waals surface area contributed by atoms with Crippen molar-refractivity contribution in [3.8, 4) is 0 Å². The molecule has 1 atom stereocenters. The Bertz CT molecular complexity index is 572. The third kappa shape index (κ3) is 13.8. The van der Waals surface area contributed by atoms with Gasteiger partial charge in [0, 0.05) is 20.3 Å². The summed E-state index contributed by atoms with van der Waals surface area (Å²) >= 11 is 0. The van der Waals surface area contributed by atoms with Gasteiger partial charge in [0.15, 0.2) is 0 Å². The average Bonchev–Trinajstić information content (AvgIpc) is 2.72. The Morgan fingerprint density at radius 2 is 1.47 bits per heavy atom. The van der Waals surface area contributed by atoms with Crippen molar-refractivity contribution in [2.75, 3.05) is 25.1 Å². The van der Waals surface area contributed by atoms with Crippen LogP contribution in [0.5, 0.6) is 0 Å². The molecule has 0 aromatic heterocycles. The van der Waals surface area contributed by atoms with Gasteiger partial charge in [-0.25, -0.2) is 4.79 Å². The van der Waals surface area contributed by atoms with E-state index in [1.165, 1.54) is 57.4 Å². The van der Waals surface area contributed by atoms with Crippen LogP contribution in [0.4, 0.5) is 5.69 Å². The molecule has 1 unspecified atom stereocenters. The molecule has 172 valence electrons. The number of unbranched alkanes of at least 4 members (excludes halogenated alkanes) is 8. The molecule has 0 aliphatic carbocycles. The Balaban J connectivity index is 2.01. The molecule has 5 nitrogen and oxygen atoms in total. The number of aliphatic hydroxyl groups is 2. The summed E-state index contributed by atoms with van der Waals surface area (Å²) in [5.41, 5.74) is 1.42. The van der Waals surface area contributed by atoms with Crippen molar-refractivity contribution in [2.45, 2.75) is 89.6 Å². The Kier molecular flexibility index (Phi) is 13.7. The number of nitrogens with one attached hydrogen (secondary N) is 1. The van der Waals surface area contributed by atoms with Crippen molar-refractivity contribution in [3.05, 3.63) is 29.8 Å². The second kappa shape index (κ2) is 15.4. The summed E-state index contributed by atoms with van der Waals surface area (Å²) in [4.78, 5) is 11.8. The van der Waals surface area contributed by atoms with Gasteiger partial charge in [-0.2, -0.15) is 0 Å². The molecule has 0 bridgehead atoms. The number of ether oxygens (including phenoxy) is 1. The lowest BCUT2D eigenvalue weighted by Gasteiger charge is -2.14. The van der Waals surface area contributed by atoms with Crippen LogP contribution in [-0.4, -0.2) is 50.1 Å². The normalized spacial score (nSPS) is 12.6. The summed E-state index contributed by atoms with van der Waals surface area (Å²) in [5, 5.41) is 21.3. The van der Waals surface area contributed by atoms with Gasteiger partial charge >= 0.3 is 5.97 Å². The Morgan fingerprint density at radius 3 is 2.00 bits per heavy atom. The first kappa shape index (κ1) is 26.7. The molecule has 6 heteroatoms. The third-order valence-corrected chi connectivity index (χ3v) is 7.02. The summed E-state index contributed by atoms with van der Waals surface area (Å²) in [7, 11) is -0.835. The summed E-state index contributed by atoms with van der Waals surface area (Å²) < 4.78 is 4.94. The molecule has 0 radical (unpaired) electrons. The van der Waals surface area contributed by atoms with E-state index in [0.717, 1.165) is 18.7 Å². The maximum Gasteiger partial charge on any atom is 0.338 e. The zero-order valence-corrected chi connectivity index (χ0v) is 20.3. The second-order valence-corrected chi connectivity index (χ2v) is 15.1. The van der Waals surface area contributed by atoms with Crippen LogP contribution in [0, 0.1) is 0 Å². The maximum absolute atomic E-state index is 11.8. The van der Waals surface area contributed by atoms with Crippen molar-refractivity contribution in [2.24, 2.45) is 0 Å². The van der Waals surface area contributed by atoms with Crippen LogP contribution in [0.2, 0.25) is 25.7 Å². The van der Waals surface area contributed by atoms with Crippen LogP contribution in [0.15, 0.2) is 24.3 Å². The topological polar surface area (TPSA) is 78.8 Å². The van der Waals surface area contributed by atoms with E-state index in [1.807, 2.05) is 12.1 Å². The Hall–Kier alpha value is -1.37. The van der Waals surface area contributed by atoms with Crippen molar-refractivity contribution < 1.29 is 19.7 Å². The fraction of sp³-hybridized carbons (Fsp3) is 0.708. The largest absolute Gasteiger partial charge is 0.459 e. The number of aliphatic hydroxyl groups excluding tert-OH is 2. The second-order valence-electron chi connectivity index (χ2n) is 9.43. The number of rotatable bonds is 17. The van der Waals surface area contributed by atoms with Crippen molar-refractivity contribution in [1.29, 1.82) is 0 Å². The predicted molar refractivity (Wildman–Crippen MR) is 128 cm³/mol. The molecular formula is C24H43NO4Si. The molecule has 0 amide bonds. The minimum atomic E-state index is -1.03. The molecular weight excluding hydrogens is 394 g/mol. The number of hydrogen-bond donors (Lipinski definition) is 3. The minimum Gasteiger partial charge on any atom is -0.459 e. The predicted octanol–water partition coefficient (Wildman–Crippen LogP) is 5.46. The van der Waals surface area contributed by atoms with Crippen LogP contribution in [0.3, 0.4) is 0 Å². The van der Waals surface area contributed by atoms with Crippen LogP contribution in [-0.2, 0) is 4.74 Å². The van der Waals surface area contributed by atoms with Gasteiger partial charge in [0.1, 0.15) is 12.7 Å². The van der Waals surface area contributed by atoms with Gasteiger partial charge in [-0.3, -0.25) is 0 Å². The molecule has 30 heavy (non-hydrogen) atoms. The average molecular weight is 438 g/mol. The van der Waals surface area contributed by atoms with Gasteiger partial charge in [-0.15, -0.1) is 0 Å². The molecule has 0 heterocycles. The number of benzene rings is 1. The SMILES string of the molecule is C[Si](C)(C)CCCCCCCCCCCNc1ccc(C(=O)OCC(O)CO)cc1. The number of carbonyl (C=O) groups excluding carboxylic acids is 1. The van der Waals surface area contributed by atoms with Gasteiger partial charge in [-0.05, 0) is 30.7 Å². The molecule has 0 saturated heterocycles. The zero-order valence-electron chi connectivity index (χ0n) is 19.3. The highest BCUT2D eigenvalue weighted by atomic mass is 28.3. The molecule has 0 aliphatic rings. The van der Waals surface area contributed by atoms with Crippen molar-refractivity contribution in [1.82, 2.24) is 0 Å². The highest BCUT2D eigenvalue weighted by Gasteiger charge is 2.11. The van der Waals surface area contributed by atoms with E-state index in [2.05, 4.69) is 25.0 Å². The van der Waals surface area contributed by atoms with Crippen LogP contribution >= 0.6 is 0 Å². The lowest BCUT2D eigenvalue weighted by atomic mass is 10.1. The standard InChI is InChI=1S/C24H43NO4Si/c1-30(2,3)18-12-10-8-6-4-5-7-9-11-17-25-22-15-13-21(14-16-22)24(28)29-20-23(27)19-26/h13-16,23,25-27H,4-12,17-20H2,1-3H3. The monoisotopic (exact) mass is 437 g/mol. The first-order valence-corrected chi connectivity index (χ1v) is 15.3. The van der Waals surface area contributed by atoms with Gasteiger partial charge in [0.05, 0.1) is 12.2 Å². The van der Waals surface area contributed by atoms with Crippen molar-refractivity contribution in [3.63, 3.8) is 0 Å². The van der Waals surface area contributed by atoms with Crippen LogP contribution in [0.1, 0.15) is 68.1 Å². The number of carbonyl (C=O) groups is 1. The van der Waals surface area contributed by atoms with Gasteiger partial charge in [-0.1, -0.05) is 77.1 Å². The van der Waals surface area contributed by atoms with Crippen LogP contribution in [0.25, 0.3) is 0 Å². The molecule has 1 aromatic carbocycles. The van der Waals surface area contributed by atoms with Gasteiger partial charge in [0.25, 0.3) is 0 Å². The summed E-state index contributed by atoms with van der Waals surface area (Å²) in [6.45, 7) is 7.69. The minimum absolute atomic E-state index is 0.200.